The number of para-hydroxylation sites is 1. The SMILES string of the molecule is C=C(O[Si])c1c[nH]c2ccccc12. The minimum Gasteiger partial charge on any atom is -0.540 e. The standard InChI is InChI=1S/C10H8NOSi/c1-7(12-13)9-6-11-10-5-3-2-4-8(9)10/h2-6,11H,1H2. The molecule has 2 aromatic rings. The predicted molar refractivity (Wildman–Crippen MR) is 54.2 cm³/mol. The summed E-state index contributed by atoms with van der Waals surface area (Å²) >= 11 is 0. The van der Waals surface area contributed by atoms with E-state index in [0.717, 1.165) is 16.5 Å². The van der Waals surface area contributed by atoms with Crippen molar-refractivity contribution in [3.8, 4) is 0 Å². The molecule has 0 bridgehead atoms. The van der Waals surface area contributed by atoms with Gasteiger partial charge in [-0.2, -0.15) is 0 Å². The fourth-order valence-corrected chi connectivity index (χ4v) is 1.47. The Hall–Kier alpha value is -1.48. The maximum absolute atomic E-state index is 4.89. The summed E-state index contributed by atoms with van der Waals surface area (Å²) in [5.74, 6) is 0.606. The van der Waals surface area contributed by atoms with Gasteiger partial charge in [0, 0.05) is 22.7 Å². The van der Waals surface area contributed by atoms with Gasteiger partial charge in [-0.3, -0.25) is 0 Å². The molecule has 1 aromatic carbocycles. The van der Waals surface area contributed by atoms with Crippen molar-refractivity contribution >= 4 is 27.1 Å². The van der Waals surface area contributed by atoms with Gasteiger partial charge in [0.1, 0.15) is 5.76 Å². The number of fused-ring (bicyclic) bond motifs is 1. The summed E-state index contributed by atoms with van der Waals surface area (Å²) < 4.78 is 4.89. The molecule has 0 saturated carbocycles. The minimum atomic E-state index is 0.606. The van der Waals surface area contributed by atoms with Crippen molar-refractivity contribution in [3.63, 3.8) is 0 Å². The van der Waals surface area contributed by atoms with Crippen LogP contribution < -0.4 is 0 Å². The monoisotopic (exact) mass is 186 g/mol. The molecule has 1 N–H and O–H groups in total. The van der Waals surface area contributed by atoms with Gasteiger partial charge in [-0.05, 0) is 6.07 Å². The van der Waals surface area contributed by atoms with E-state index in [1.807, 2.05) is 30.5 Å². The van der Waals surface area contributed by atoms with Gasteiger partial charge < -0.3 is 9.41 Å². The van der Waals surface area contributed by atoms with Crippen molar-refractivity contribution in [2.45, 2.75) is 0 Å². The summed E-state index contributed by atoms with van der Waals surface area (Å²) in [6.07, 6.45) is 1.88. The summed E-state index contributed by atoms with van der Waals surface area (Å²) in [6, 6.07) is 8.01. The molecule has 3 heteroatoms. The molecule has 0 aliphatic heterocycles. The maximum Gasteiger partial charge on any atom is 0.341 e. The van der Waals surface area contributed by atoms with Gasteiger partial charge in [-0.1, -0.05) is 24.8 Å². The topological polar surface area (TPSA) is 25.0 Å². The summed E-state index contributed by atoms with van der Waals surface area (Å²) in [5.41, 5.74) is 2.06. The largest absolute Gasteiger partial charge is 0.540 e. The molecular weight excluding hydrogens is 178 g/mol. The molecule has 1 heterocycles. The van der Waals surface area contributed by atoms with Gasteiger partial charge in [-0.15, -0.1) is 0 Å². The second-order valence-electron chi connectivity index (χ2n) is 2.77. The average Bonchev–Trinajstić information content (AvgIpc) is 2.60. The Bertz CT molecular complexity index is 447. The summed E-state index contributed by atoms with van der Waals surface area (Å²) in [6.45, 7) is 3.77. The van der Waals surface area contributed by atoms with E-state index >= 15 is 0 Å². The number of hydrogen-bond acceptors (Lipinski definition) is 1. The molecule has 2 nitrogen and oxygen atoms in total. The molecule has 13 heavy (non-hydrogen) atoms. The Kier molecular flexibility index (Phi) is 1.94. The molecule has 63 valence electrons. The van der Waals surface area contributed by atoms with E-state index < -0.39 is 0 Å². The molecule has 0 aliphatic carbocycles. The van der Waals surface area contributed by atoms with E-state index in [0.29, 0.717) is 5.76 Å². The van der Waals surface area contributed by atoms with Crippen LogP contribution in [0.5, 0.6) is 0 Å². The van der Waals surface area contributed by atoms with Crippen LogP contribution in [0, 0.1) is 0 Å². The number of aromatic nitrogens is 1. The van der Waals surface area contributed by atoms with E-state index in [1.54, 1.807) is 0 Å². The predicted octanol–water partition coefficient (Wildman–Crippen LogP) is 2.24. The lowest BCUT2D eigenvalue weighted by Gasteiger charge is -2.01. The van der Waals surface area contributed by atoms with Crippen molar-refractivity contribution in [1.82, 2.24) is 4.98 Å². The zero-order chi connectivity index (χ0) is 9.26. The van der Waals surface area contributed by atoms with Crippen LogP contribution in [0.4, 0.5) is 0 Å². The van der Waals surface area contributed by atoms with E-state index in [9.17, 15) is 0 Å². The highest BCUT2D eigenvalue weighted by Crippen LogP contribution is 2.23. The molecule has 2 rings (SSSR count). The lowest BCUT2D eigenvalue weighted by Crippen LogP contribution is -1.83. The third-order valence-corrected chi connectivity index (χ3v) is 2.26. The molecule has 1 aromatic heterocycles. The number of benzene rings is 1. The molecule has 0 aliphatic rings. The van der Waals surface area contributed by atoms with E-state index in [-0.39, 0.29) is 0 Å². The number of nitrogens with one attached hydrogen (secondary N) is 1. The van der Waals surface area contributed by atoms with Crippen LogP contribution in [-0.2, 0) is 4.43 Å². The molecule has 0 fully saturated rings. The molecule has 3 radical (unpaired) electrons. The molecule has 0 amide bonds. The summed E-state index contributed by atoms with van der Waals surface area (Å²) in [4.78, 5) is 3.14. The Morgan fingerprint density at radius 3 is 2.92 bits per heavy atom. The van der Waals surface area contributed by atoms with Crippen molar-refractivity contribution in [2.24, 2.45) is 0 Å². The lowest BCUT2D eigenvalue weighted by molar-refractivity contribution is 0.575. The zero-order valence-electron chi connectivity index (χ0n) is 7.00. The molecule has 0 atom stereocenters. The van der Waals surface area contributed by atoms with Crippen LogP contribution >= 0.6 is 0 Å². The number of H-pyrrole nitrogens is 1. The Balaban J connectivity index is 2.64. The van der Waals surface area contributed by atoms with Gasteiger partial charge >= 0.3 is 10.5 Å². The molecule has 0 unspecified atom stereocenters. The highest BCUT2D eigenvalue weighted by atomic mass is 28.2. The molecular formula is C10H8NOSi. The van der Waals surface area contributed by atoms with Crippen molar-refractivity contribution in [1.29, 1.82) is 0 Å². The van der Waals surface area contributed by atoms with Crippen molar-refractivity contribution < 1.29 is 4.43 Å². The smallest absolute Gasteiger partial charge is 0.341 e. The fourth-order valence-electron chi connectivity index (χ4n) is 1.36. The number of rotatable bonds is 2. The average molecular weight is 186 g/mol. The van der Waals surface area contributed by atoms with Gasteiger partial charge in [0.05, 0.1) is 0 Å². The Morgan fingerprint density at radius 2 is 2.15 bits per heavy atom. The molecule has 0 saturated heterocycles. The highest BCUT2D eigenvalue weighted by molar-refractivity contribution is 6.03. The van der Waals surface area contributed by atoms with Crippen LogP contribution in [0.2, 0.25) is 0 Å². The van der Waals surface area contributed by atoms with Gasteiger partial charge in [-0.25, -0.2) is 0 Å². The van der Waals surface area contributed by atoms with Gasteiger partial charge in [0.2, 0.25) is 0 Å². The van der Waals surface area contributed by atoms with Crippen LogP contribution in [0.15, 0.2) is 37.0 Å². The van der Waals surface area contributed by atoms with E-state index in [2.05, 4.69) is 22.0 Å². The summed E-state index contributed by atoms with van der Waals surface area (Å²) in [5, 5.41) is 1.12. The lowest BCUT2D eigenvalue weighted by atomic mass is 10.1. The van der Waals surface area contributed by atoms with Crippen LogP contribution in [0.25, 0.3) is 16.7 Å². The third kappa shape index (κ3) is 1.27. The quantitative estimate of drug-likeness (QED) is 0.564. The minimum absolute atomic E-state index is 0.606. The second kappa shape index (κ2) is 3.10. The first-order valence-corrected chi connectivity index (χ1v) is 4.32. The third-order valence-electron chi connectivity index (χ3n) is 2.01. The van der Waals surface area contributed by atoms with Crippen molar-refractivity contribution in [3.05, 3.63) is 42.6 Å². The fraction of sp³-hybridized carbons (Fsp3) is 0. The zero-order valence-corrected chi connectivity index (χ0v) is 8.00. The van der Waals surface area contributed by atoms with Crippen molar-refractivity contribution in [2.75, 3.05) is 0 Å². The number of hydrogen-bond donors (Lipinski definition) is 1. The first-order valence-electron chi connectivity index (χ1n) is 3.92. The highest BCUT2D eigenvalue weighted by Gasteiger charge is 2.04. The van der Waals surface area contributed by atoms with Gasteiger partial charge in [0.15, 0.2) is 0 Å². The second-order valence-corrected chi connectivity index (χ2v) is 2.98. The van der Waals surface area contributed by atoms with E-state index in [1.165, 1.54) is 0 Å². The normalized spacial score (nSPS) is 10.2. The Morgan fingerprint density at radius 1 is 1.38 bits per heavy atom. The molecule has 0 spiro atoms. The van der Waals surface area contributed by atoms with Gasteiger partial charge in [0.25, 0.3) is 0 Å². The first-order chi connectivity index (χ1) is 6.33. The maximum atomic E-state index is 4.89. The van der Waals surface area contributed by atoms with Crippen LogP contribution in [0.3, 0.4) is 0 Å². The van der Waals surface area contributed by atoms with E-state index in [4.69, 9.17) is 4.43 Å². The Labute approximate surface area is 79.8 Å². The van der Waals surface area contributed by atoms with Crippen LogP contribution in [0.1, 0.15) is 5.56 Å². The summed E-state index contributed by atoms with van der Waals surface area (Å²) in [7, 11) is 2.96. The number of aromatic amines is 1. The first kappa shape index (κ1) is 8.13. The van der Waals surface area contributed by atoms with Crippen LogP contribution in [-0.4, -0.2) is 15.5 Å².